The topological polar surface area (TPSA) is 86.9 Å². The highest BCUT2D eigenvalue weighted by Crippen LogP contribution is 2.28. The summed E-state index contributed by atoms with van der Waals surface area (Å²) in [6, 6.07) is 2.98. The average Bonchev–Trinajstić information content (AvgIpc) is 2.41. The lowest BCUT2D eigenvalue weighted by Gasteiger charge is -2.38. The number of amides is 1. The van der Waals surface area contributed by atoms with E-state index >= 15 is 0 Å². The first kappa shape index (κ1) is 16.5. The highest BCUT2D eigenvalue weighted by Gasteiger charge is 2.27. The molecule has 2 rings (SSSR count). The van der Waals surface area contributed by atoms with Gasteiger partial charge in [0.25, 0.3) is 5.69 Å². The van der Waals surface area contributed by atoms with Crippen LogP contribution in [-0.2, 0) is 6.54 Å². The number of halogens is 1. The highest BCUT2D eigenvalue weighted by atomic mass is 35.5. The van der Waals surface area contributed by atoms with Crippen molar-refractivity contribution in [2.24, 2.45) is 0 Å². The van der Waals surface area contributed by atoms with E-state index in [9.17, 15) is 14.9 Å². The number of nitro groups is 1. The van der Waals surface area contributed by atoms with Crippen LogP contribution < -0.4 is 0 Å². The number of nitro benzene ring substituents is 1. The number of hydrogen-bond donors (Lipinski definition) is 1. The molecule has 8 heteroatoms. The van der Waals surface area contributed by atoms with E-state index in [-0.39, 0.29) is 11.7 Å². The molecule has 1 fully saturated rings. The second kappa shape index (κ2) is 6.50. The van der Waals surface area contributed by atoms with E-state index in [0.717, 1.165) is 5.56 Å². The molecule has 22 heavy (non-hydrogen) atoms. The number of carbonyl (C=O) groups is 1. The first-order valence-corrected chi connectivity index (χ1v) is 7.32. The zero-order valence-corrected chi connectivity index (χ0v) is 13.2. The molecule has 7 nitrogen and oxygen atoms in total. The molecular weight excluding hydrogens is 310 g/mol. The maximum atomic E-state index is 11.1. The molecule has 1 aromatic carbocycles. The fraction of sp³-hybridized carbons (Fsp3) is 0.500. The Balaban J connectivity index is 2.15. The Kier molecular flexibility index (Phi) is 4.87. The summed E-state index contributed by atoms with van der Waals surface area (Å²) in [7, 11) is 0. The summed E-state index contributed by atoms with van der Waals surface area (Å²) >= 11 is 5.97. The van der Waals surface area contributed by atoms with Gasteiger partial charge in [-0.3, -0.25) is 15.0 Å². The number of benzene rings is 1. The monoisotopic (exact) mass is 327 g/mol. The van der Waals surface area contributed by atoms with Gasteiger partial charge >= 0.3 is 6.09 Å². The van der Waals surface area contributed by atoms with E-state index in [4.69, 9.17) is 16.7 Å². The van der Waals surface area contributed by atoms with Crippen molar-refractivity contribution >= 4 is 23.4 Å². The van der Waals surface area contributed by atoms with E-state index in [0.29, 0.717) is 36.8 Å². The summed E-state index contributed by atoms with van der Waals surface area (Å²) in [5, 5.41) is 20.5. The van der Waals surface area contributed by atoms with Gasteiger partial charge in [0, 0.05) is 48.9 Å². The summed E-state index contributed by atoms with van der Waals surface area (Å²) in [5.41, 5.74) is 1.41. The molecule has 1 heterocycles. The number of piperazine rings is 1. The van der Waals surface area contributed by atoms with Gasteiger partial charge in [-0.2, -0.15) is 0 Å². The Bertz CT molecular complexity index is 608. The van der Waals surface area contributed by atoms with Crippen molar-refractivity contribution in [1.29, 1.82) is 0 Å². The Hall–Kier alpha value is -1.86. The molecule has 1 atom stereocenters. The van der Waals surface area contributed by atoms with Crippen molar-refractivity contribution in [2.75, 3.05) is 19.6 Å². The Morgan fingerprint density at radius 3 is 2.73 bits per heavy atom. The van der Waals surface area contributed by atoms with Crippen LogP contribution in [0.1, 0.15) is 18.1 Å². The molecule has 0 radical (unpaired) electrons. The first-order chi connectivity index (χ1) is 10.3. The van der Waals surface area contributed by atoms with Crippen LogP contribution in [0.25, 0.3) is 0 Å². The lowest BCUT2D eigenvalue weighted by Crippen LogP contribution is -2.53. The smallest absolute Gasteiger partial charge is 0.407 e. The number of hydrogen-bond acceptors (Lipinski definition) is 4. The van der Waals surface area contributed by atoms with Crippen LogP contribution in [0.3, 0.4) is 0 Å². The van der Waals surface area contributed by atoms with Crippen molar-refractivity contribution in [1.82, 2.24) is 9.80 Å². The highest BCUT2D eigenvalue weighted by molar-refractivity contribution is 6.30. The normalized spacial score (nSPS) is 19.2. The van der Waals surface area contributed by atoms with E-state index < -0.39 is 11.0 Å². The molecule has 0 spiro atoms. The molecule has 1 unspecified atom stereocenters. The minimum Gasteiger partial charge on any atom is -0.465 e. The average molecular weight is 328 g/mol. The van der Waals surface area contributed by atoms with Crippen LogP contribution in [0.2, 0.25) is 5.02 Å². The van der Waals surface area contributed by atoms with Crippen LogP contribution in [0.4, 0.5) is 10.5 Å². The van der Waals surface area contributed by atoms with Crippen LogP contribution in [-0.4, -0.2) is 51.6 Å². The molecule has 120 valence electrons. The first-order valence-electron chi connectivity index (χ1n) is 6.95. The zero-order chi connectivity index (χ0) is 16.4. The molecule has 1 N–H and O–H groups in total. The molecular formula is C14H18ClN3O4. The molecule has 1 aliphatic rings. The third-order valence-electron chi connectivity index (χ3n) is 4.00. The van der Waals surface area contributed by atoms with E-state index in [1.807, 2.05) is 6.92 Å². The fourth-order valence-electron chi connectivity index (χ4n) is 2.78. The van der Waals surface area contributed by atoms with Crippen molar-refractivity contribution in [3.63, 3.8) is 0 Å². The summed E-state index contributed by atoms with van der Waals surface area (Å²) in [5.74, 6) is 0. The van der Waals surface area contributed by atoms with E-state index in [1.165, 1.54) is 11.0 Å². The van der Waals surface area contributed by atoms with Gasteiger partial charge < -0.3 is 10.0 Å². The molecule has 0 saturated carbocycles. The molecule has 1 saturated heterocycles. The van der Waals surface area contributed by atoms with E-state index in [2.05, 4.69) is 4.90 Å². The van der Waals surface area contributed by atoms with Gasteiger partial charge in [0.1, 0.15) is 0 Å². The molecule has 0 aromatic heterocycles. The van der Waals surface area contributed by atoms with Gasteiger partial charge in [0.05, 0.1) is 4.92 Å². The van der Waals surface area contributed by atoms with Gasteiger partial charge in [-0.05, 0) is 25.5 Å². The third-order valence-corrected chi connectivity index (χ3v) is 4.22. The Morgan fingerprint density at radius 1 is 1.50 bits per heavy atom. The second-order valence-electron chi connectivity index (χ2n) is 5.53. The minimum absolute atomic E-state index is 0.0136. The molecule has 0 bridgehead atoms. The van der Waals surface area contributed by atoms with Crippen LogP contribution in [0.15, 0.2) is 12.1 Å². The Labute approximate surface area is 133 Å². The molecule has 1 aliphatic heterocycles. The van der Waals surface area contributed by atoms with Crippen LogP contribution in [0, 0.1) is 17.0 Å². The molecule has 1 amide bonds. The zero-order valence-electron chi connectivity index (χ0n) is 12.5. The van der Waals surface area contributed by atoms with Gasteiger partial charge in [0.2, 0.25) is 0 Å². The number of nitrogens with zero attached hydrogens (tertiary/aromatic N) is 3. The minimum atomic E-state index is -0.915. The molecule has 1 aromatic rings. The lowest BCUT2D eigenvalue weighted by molar-refractivity contribution is -0.385. The largest absolute Gasteiger partial charge is 0.465 e. The van der Waals surface area contributed by atoms with Gasteiger partial charge in [-0.1, -0.05) is 11.6 Å². The summed E-state index contributed by atoms with van der Waals surface area (Å²) in [6.07, 6.45) is -0.915. The quantitative estimate of drug-likeness (QED) is 0.681. The van der Waals surface area contributed by atoms with E-state index in [1.54, 1.807) is 13.0 Å². The maximum absolute atomic E-state index is 11.1. The molecule has 0 aliphatic carbocycles. The summed E-state index contributed by atoms with van der Waals surface area (Å²) in [4.78, 5) is 25.2. The van der Waals surface area contributed by atoms with Crippen molar-refractivity contribution in [3.8, 4) is 0 Å². The number of carboxylic acid groups (broad SMARTS) is 1. The summed E-state index contributed by atoms with van der Waals surface area (Å²) < 4.78 is 0. The van der Waals surface area contributed by atoms with Crippen molar-refractivity contribution in [3.05, 3.63) is 38.4 Å². The standard InChI is InChI=1S/C14H18ClN3O4/c1-9-7-16(3-4-17(9)14(19)20)8-11-5-12(15)6-13(10(11)2)18(21)22/h5-6,9H,3-4,7-8H2,1-2H3,(H,19,20). The number of rotatable bonds is 3. The van der Waals surface area contributed by atoms with Gasteiger partial charge in [-0.15, -0.1) is 0 Å². The maximum Gasteiger partial charge on any atom is 0.407 e. The lowest BCUT2D eigenvalue weighted by atomic mass is 10.1. The van der Waals surface area contributed by atoms with Crippen molar-refractivity contribution < 1.29 is 14.8 Å². The van der Waals surface area contributed by atoms with Crippen LogP contribution >= 0.6 is 11.6 Å². The SMILES string of the molecule is Cc1c(CN2CCN(C(=O)O)C(C)C2)cc(Cl)cc1[N+](=O)[O-]. The Morgan fingerprint density at radius 2 is 2.18 bits per heavy atom. The predicted octanol–water partition coefficient (Wildman–Crippen LogP) is 2.74. The summed E-state index contributed by atoms with van der Waals surface area (Å²) in [6.45, 7) is 5.69. The van der Waals surface area contributed by atoms with Crippen LogP contribution in [0.5, 0.6) is 0 Å². The van der Waals surface area contributed by atoms with Gasteiger partial charge in [0.15, 0.2) is 0 Å². The van der Waals surface area contributed by atoms with Gasteiger partial charge in [-0.25, -0.2) is 4.79 Å². The van der Waals surface area contributed by atoms with Crippen molar-refractivity contribution in [2.45, 2.75) is 26.4 Å². The third kappa shape index (κ3) is 3.48. The predicted molar refractivity (Wildman–Crippen MR) is 82.3 cm³/mol. The second-order valence-corrected chi connectivity index (χ2v) is 5.96. The fourth-order valence-corrected chi connectivity index (χ4v) is 3.01.